The Balaban J connectivity index is 1.91. The van der Waals surface area contributed by atoms with Gasteiger partial charge >= 0.3 is 12.2 Å². The fraction of sp³-hybridized carbons (Fsp3) is 0.294. The maximum absolute atomic E-state index is 13.2. The van der Waals surface area contributed by atoms with E-state index in [1.54, 1.807) is 19.1 Å². The molecule has 0 aliphatic rings. The number of hydrogen-bond acceptors (Lipinski definition) is 4. The average Bonchev–Trinajstić information content (AvgIpc) is 3.12. The summed E-state index contributed by atoms with van der Waals surface area (Å²) in [6.07, 6.45) is -3.24. The summed E-state index contributed by atoms with van der Waals surface area (Å²) in [7, 11) is 0. The van der Waals surface area contributed by atoms with Crippen molar-refractivity contribution in [3.05, 3.63) is 47.9 Å². The highest BCUT2D eigenvalue weighted by atomic mass is 19.4. The lowest BCUT2D eigenvalue weighted by molar-refractivity contribution is -0.137. The largest absolute Gasteiger partial charge is 0.494 e. The van der Waals surface area contributed by atoms with Gasteiger partial charge in [0.25, 0.3) is 0 Å². The van der Waals surface area contributed by atoms with Gasteiger partial charge in [-0.1, -0.05) is 0 Å². The number of hydrogen-bond donors (Lipinski definition) is 3. The van der Waals surface area contributed by atoms with Crippen LogP contribution in [0, 0.1) is 0 Å². The number of halogens is 3. The number of carbonyl (C=O) groups excluding carboxylic acids is 2. The van der Waals surface area contributed by atoms with Gasteiger partial charge in [0.05, 0.1) is 37.2 Å². The summed E-state index contributed by atoms with van der Waals surface area (Å²) in [5, 5.41) is 6.77. The standard InChI is InChI=1S/C17H18F3N3O4/c1-2-26-11-5-6-14(13(8-11)17(18,19)20)23-16(25)22-10-15(24)21-9-12-4-3-7-27-12/h3-8H,2,9-10H2,1H3,(H,21,24)(H2,22,23,25). The summed E-state index contributed by atoms with van der Waals surface area (Å²) in [6, 6.07) is 5.56. The molecule has 3 amide bonds. The Bertz CT molecular complexity index is 776. The van der Waals surface area contributed by atoms with Crippen LogP contribution in [0.25, 0.3) is 0 Å². The number of amides is 3. The van der Waals surface area contributed by atoms with Gasteiger partial charge in [0.2, 0.25) is 5.91 Å². The minimum atomic E-state index is -4.68. The van der Waals surface area contributed by atoms with E-state index in [9.17, 15) is 22.8 Å². The fourth-order valence-electron chi connectivity index (χ4n) is 2.11. The van der Waals surface area contributed by atoms with Gasteiger partial charge in [-0.05, 0) is 37.3 Å². The Morgan fingerprint density at radius 3 is 2.59 bits per heavy atom. The normalized spacial score (nSPS) is 11.0. The number of anilines is 1. The van der Waals surface area contributed by atoms with Crippen molar-refractivity contribution in [1.29, 1.82) is 0 Å². The molecule has 3 N–H and O–H groups in total. The lowest BCUT2D eigenvalue weighted by atomic mass is 10.1. The van der Waals surface area contributed by atoms with Crippen LogP contribution in [0.2, 0.25) is 0 Å². The zero-order valence-electron chi connectivity index (χ0n) is 14.4. The van der Waals surface area contributed by atoms with Crippen molar-refractivity contribution < 1.29 is 31.9 Å². The first-order valence-electron chi connectivity index (χ1n) is 7.97. The molecule has 27 heavy (non-hydrogen) atoms. The van der Waals surface area contributed by atoms with Crippen molar-refractivity contribution in [3.8, 4) is 5.75 Å². The van der Waals surface area contributed by atoms with Crippen molar-refractivity contribution in [2.75, 3.05) is 18.5 Å². The molecule has 146 valence electrons. The number of benzene rings is 1. The van der Waals surface area contributed by atoms with Gasteiger partial charge in [-0.2, -0.15) is 13.2 Å². The van der Waals surface area contributed by atoms with Crippen molar-refractivity contribution in [1.82, 2.24) is 10.6 Å². The molecule has 1 aromatic heterocycles. The second kappa shape index (κ2) is 8.97. The molecular formula is C17H18F3N3O4. The summed E-state index contributed by atoms with van der Waals surface area (Å²) >= 11 is 0. The topological polar surface area (TPSA) is 92.6 Å². The molecule has 0 aliphatic heterocycles. The molecule has 0 saturated heterocycles. The fourth-order valence-corrected chi connectivity index (χ4v) is 2.11. The Morgan fingerprint density at radius 1 is 1.19 bits per heavy atom. The Labute approximate surface area is 152 Å². The van der Waals surface area contributed by atoms with Crippen LogP contribution in [0.15, 0.2) is 41.0 Å². The zero-order valence-corrected chi connectivity index (χ0v) is 14.4. The Hall–Kier alpha value is -3.17. The van der Waals surface area contributed by atoms with Gasteiger partial charge in [-0.25, -0.2) is 4.79 Å². The lowest BCUT2D eigenvalue weighted by Crippen LogP contribution is -2.38. The number of ether oxygens (including phenoxy) is 1. The van der Waals surface area contributed by atoms with Crippen LogP contribution in [0.4, 0.5) is 23.7 Å². The van der Waals surface area contributed by atoms with Crippen LogP contribution in [0.3, 0.4) is 0 Å². The van der Waals surface area contributed by atoms with Crippen molar-refractivity contribution in [3.63, 3.8) is 0 Å². The molecule has 0 atom stereocenters. The molecule has 0 radical (unpaired) electrons. The first-order valence-corrected chi connectivity index (χ1v) is 7.97. The second-order valence-electron chi connectivity index (χ2n) is 5.30. The number of alkyl halides is 3. The number of furan rings is 1. The third-order valence-electron chi connectivity index (χ3n) is 3.31. The van der Waals surface area contributed by atoms with Gasteiger partial charge in [0.1, 0.15) is 11.5 Å². The van der Waals surface area contributed by atoms with E-state index in [1.165, 1.54) is 12.3 Å². The first kappa shape index (κ1) is 20.1. The summed E-state index contributed by atoms with van der Waals surface area (Å²) in [5.74, 6) is 0.0365. The van der Waals surface area contributed by atoms with Gasteiger partial charge in [0.15, 0.2) is 0 Å². The predicted molar refractivity (Wildman–Crippen MR) is 90.2 cm³/mol. The van der Waals surface area contributed by atoms with Gasteiger partial charge in [-0.3, -0.25) is 4.79 Å². The molecule has 0 aliphatic carbocycles. The predicted octanol–water partition coefficient (Wildman–Crippen LogP) is 3.14. The second-order valence-corrected chi connectivity index (χ2v) is 5.30. The number of rotatable bonds is 7. The molecule has 7 nitrogen and oxygen atoms in total. The Kier molecular flexibility index (Phi) is 6.69. The van der Waals surface area contributed by atoms with Crippen LogP contribution in [0.5, 0.6) is 5.75 Å². The van der Waals surface area contributed by atoms with E-state index in [2.05, 4.69) is 16.0 Å². The maximum Gasteiger partial charge on any atom is 0.418 e. The van der Waals surface area contributed by atoms with Crippen LogP contribution in [0.1, 0.15) is 18.2 Å². The van der Waals surface area contributed by atoms with E-state index >= 15 is 0 Å². The van der Waals surface area contributed by atoms with Crippen LogP contribution in [-0.4, -0.2) is 25.1 Å². The molecule has 1 aromatic carbocycles. The highest BCUT2D eigenvalue weighted by Crippen LogP contribution is 2.37. The highest BCUT2D eigenvalue weighted by molar-refractivity contribution is 5.93. The van der Waals surface area contributed by atoms with Crippen LogP contribution < -0.4 is 20.7 Å². The number of carbonyl (C=O) groups is 2. The molecule has 2 rings (SSSR count). The molecule has 1 heterocycles. The molecule has 0 unspecified atom stereocenters. The van der Waals surface area contributed by atoms with Crippen LogP contribution in [-0.2, 0) is 17.5 Å². The zero-order chi connectivity index (χ0) is 19.9. The van der Waals surface area contributed by atoms with E-state index in [1.807, 2.05) is 0 Å². The number of urea groups is 1. The summed E-state index contributed by atoms with van der Waals surface area (Å²) < 4.78 is 49.6. The quantitative estimate of drug-likeness (QED) is 0.683. The first-order chi connectivity index (χ1) is 12.8. The van der Waals surface area contributed by atoms with Crippen molar-refractivity contribution in [2.24, 2.45) is 0 Å². The maximum atomic E-state index is 13.2. The lowest BCUT2D eigenvalue weighted by Gasteiger charge is -2.15. The minimum Gasteiger partial charge on any atom is -0.494 e. The monoisotopic (exact) mass is 385 g/mol. The third-order valence-corrected chi connectivity index (χ3v) is 3.31. The van der Waals surface area contributed by atoms with Gasteiger partial charge in [0, 0.05) is 0 Å². The summed E-state index contributed by atoms with van der Waals surface area (Å²) in [6.45, 7) is 1.57. The van der Waals surface area contributed by atoms with Crippen molar-refractivity contribution in [2.45, 2.75) is 19.6 Å². The minimum absolute atomic E-state index is 0.0353. The summed E-state index contributed by atoms with van der Waals surface area (Å²) in [4.78, 5) is 23.5. The average molecular weight is 385 g/mol. The van der Waals surface area contributed by atoms with Gasteiger partial charge in [-0.15, -0.1) is 0 Å². The van der Waals surface area contributed by atoms with E-state index in [0.717, 1.165) is 12.1 Å². The van der Waals surface area contributed by atoms with E-state index in [0.29, 0.717) is 5.76 Å². The third kappa shape index (κ3) is 6.24. The molecule has 0 saturated carbocycles. The molecule has 0 fully saturated rings. The molecular weight excluding hydrogens is 367 g/mol. The Morgan fingerprint density at radius 2 is 1.96 bits per heavy atom. The number of nitrogens with one attached hydrogen (secondary N) is 3. The van der Waals surface area contributed by atoms with E-state index in [-0.39, 0.29) is 18.9 Å². The molecule has 0 bridgehead atoms. The van der Waals surface area contributed by atoms with E-state index < -0.39 is 35.9 Å². The van der Waals surface area contributed by atoms with Gasteiger partial charge < -0.3 is 25.1 Å². The SMILES string of the molecule is CCOc1ccc(NC(=O)NCC(=O)NCc2ccco2)c(C(F)(F)F)c1. The van der Waals surface area contributed by atoms with E-state index in [4.69, 9.17) is 9.15 Å². The van der Waals surface area contributed by atoms with Crippen molar-refractivity contribution >= 4 is 17.6 Å². The van der Waals surface area contributed by atoms with Crippen LogP contribution >= 0.6 is 0 Å². The molecule has 10 heteroatoms. The molecule has 2 aromatic rings. The smallest absolute Gasteiger partial charge is 0.418 e. The summed E-state index contributed by atoms with van der Waals surface area (Å²) in [5.41, 5.74) is -1.50. The molecule has 0 spiro atoms. The highest BCUT2D eigenvalue weighted by Gasteiger charge is 2.34.